The fraction of sp³-hybridized carbons (Fsp3) is 0.280. The summed E-state index contributed by atoms with van der Waals surface area (Å²) >= 11 is 0.816. The maximum Gasteiger partial charge on any atom is 0.294 e. The molecule has 9 heteroatoms. The minimum absolute atomic E-state index is 0.198. The number of amides is 3. The average Bonchev–Trinajstić information content (AvgIpc) is 3.48. The lowest BCUT2D eigenvalue weighted by Crippen LogP contribution is -2.40. The molecule has 34 heavy (non-hydrogen) atoms. The Kier molecular flexibility index (Phi) is 7.18. The van der Waals surface area contributed by atoms with Gasteiger partial charge in [0.1, 0.15) is 13.2 Å². The van der Waals surface area contributed by atoms with Crippen molar-refractivity contribution in [3.8, 4) is 17.6 Å². The highest BCUT2D eigenvalue weighted by atomic mass is 32.2. The number of benzene rings is 2. The molecular formula is C25H23N3O5S. The van der Waals surface area contributed by atoms with Crippen LogP contribution in [0.25, 0.3) is 6.08 Å². The number of nitrogens with zero attached hydrogens (tertiary/aromatic N) is 3. The predicted octanol–water partition coefficient (Wildman–Crippen LogP) is 3.80. The van der Waals surface area contributed by atoms with Gasteiger partial charge in [-0.2, -0.15) is 5.26 Å². The maximum atomic E-state index is 12.8. The smallest absolute Gasteiger partial charge is 0.294 e. The van der Waals surface area contributed by atoms with Crippen LogP contribution in [0.5, 0.6) is 11.5 Å². The topological polar surface area (TPSA) is 99.9 Å². The first-order chi connectivity index (χ1) is 16.5. The van der Waals surface area contributed by atoms with Crippen LogP contribution in [0.15, 0.2) is 47.4 Å². The van der Waals surface area contributed by atoms with Gasteiger partial charge in [-0.25, -0.2) is 0 Å². The molecule has 2 aromatic rings. The van der Waals surface area contributed by atoms with E-state index in [-0.39, 0.29) is 24.0 Å². The Morgan fingerprint density at radius 3 is 2.65 bits per heavy atom. The fourth-order valence-electron chi connectivity index (χ4n) is 3.79. The second-order valence-corrected chi connectivity index (χ2v) is 8.82. The van der Waals surface area contributed by atoms with Crippen LogP contribution in [0.1, 0.15) is 29.5 Å². The molecule has 0 bridgehead atoms. The second-order valence-electron chi connectivity index (χ2n) is 7.82. The van der Waals surface area contributed by atoms with Crippen molar-refractivity contribution in [2.75, 3.05) is 26.7 Å². The Morgan fingerprint density at radius 2 is 1.91 bits per heavy atom. The Morgan fingerprint density at radius 1 is 1.15 bits per heavy atom. The first kappa shape index (κ1) is 23.4. The molecule has 2 saturated heterocycles. The number of hydrogen-bond acceptors (Lipinski definition) is 7. The minimum Gasteiger partial charge on any atom is -0.493 e. The number of hydrogen-bond donors (Lipinski definition) is 0. The third-order valence-corrected chi connectivity index (χ3v) is 6.54. The van der Waals surface area contributed by atoms with E-state index in [9.17, 15) is 19.6 Å². The largest absolute Gasteiger partial charge is 0.493 e. The predicted molar refractivity (Wildman–Crippen MR) is 127 cm³/mol. The van der Waals surface area contributed by atoms with E-state index in [1.807, 2.05) is 12.1 Å². The van der Waals surface area contributed by atoms with Gasteiger partial charge in [0.2, 0.25) is 5.91 Å². The van der Waals surface area contributed by atoms with Crippen molar-refractivity contribution in [2.24, 2.45) is 0 Å². The van der Waals surface area contributed by atoms with Gasteiger partial charge in [-0.05, 0) is 54.4 Å². The van der Waals surface area contributed by atoms with Crippen molar-refractivity contribution in [1.29, 1.82) is 5.26 Å². The SMILES string of the molecule is COc1cc(/C=C2\SC(=O)N(CC(=O)N3CCCC3)C2=O)ccc1OCc1ccccc1C#N. The molecular weight excluding hydrogens is 454 g/mol. The normalized spacial score (nSPS) is 16.8. The molecule has 3 amide bonds. The van der Waals surface area contributed by atoms with Gasteiger partial charge in [-0.15, -0.1) is 0 Å². The van der Waals surface area contributed by atoms with Gasteiger partial charge in [0, 0.05) is 18.7 Å². The zero-order valence-corrected chi connectivity index (χ0v) is 19.5. The summed E-state index contributed by atoms with van der Waals surface area (Å²) < 4.78 is 11.3. The van der Waals surface area contributed by atoms with Crippen LogP contribution in [0, 0.1) is 11.3 Å². The molecule has 0 spiro atoms. The number of rotatable bonds is 7. The van der Waals surface area contributed by atoms with E-state index >= 15 is 0 Å². The highest BCUT2D eigenvalue weighted by molar-refractivity contribution is 8.18. The van der Waals surface area contributed by atoms with E-state index < -0.39 is 11.1 Å². The molecule has 174 valence electrons. The van der Waals surface area contributed by atoms with Crippen LogP contribution in [-0.2, 0) is 16.2 Å². The van der Waals surface area contributed by atoms with Crippen LogP contribution in [-0.4, -0.2) is 53.6 Å². The third kappa shape index (κ3) is 5.07. The summed E-state index contributed by atoms with van der Waals surface area (Å²) in [5.74, 6) is 0.250. The first-order valence-electron chi connectivity index (χ1n) is 10.8. The van der Waals surface area contributed by atoms with Crippen LogP contribution < -0.4 is 9.47 Å². The van der Waals surface area contributed by atoms with E-state index in [0.717, 1.165) is 35.1 Å². The van der Waals surface area contributed by atoms with Gasteiger partial charge in [0.15, 0.2) is 11.5 Å². The summed E-state index contributed by atoms with van der Waals surface area (Å²) in [4.78, 5) is 40.5. The third-order valence-electron chi connectivity index (χ3n) is 5.63. The molecule has 2 aliphatic rings. The maximum absolute atomic E-state index is 12.8. The number of nitriles is 1. The molecule has 2 aliphatic heterocycles. The molecule has 4 rings (SSSR count). The highest BCUT2D eigenvalue weighted by Gasteiger charge is 2.37. The Bertz CT molecular complexity index is 1200. The van der Waals surface area contributed by atoms with E-state index in [2.05, 4.69) is 6.07 Å². The number of thioether (sulfide) groups is 1. The average molecular weight is 478 g/mol. The van der Waals surface area contributed by atoms with Crippen molar-refractivity contribution < 1.29 is 23.9 Å². The van der Waals surface area contributed by atoms with Crippen LogP contribution >= 0.6 is 11.8 Å². The van der Waals surface area contributed by atoms with E-state index in [4.69, 9.17) is 9.47 Å². The number of ether oxygens (including phenoxy) is 2. The lowest BCUT2D eigenvalue weighted by molar-refractivity contribution is -0.135. The summed E-state index contributed by atoms with van der Waals surface area (Å²) in [6, 6.07) is 14.5. The molecule has 2 heterocycles. The quantitative estimate of drug-likeness (QED) is 0.559. The summed E-state index contributed by atoms with van der Waals surface area (Å²) in [6.07, 6.45) is 3.49. The van der Waals surface area contributed by atoms with Gasteiger partial charge in [-0.3, -0.25) is 19.3 Å². The number of imide groups is 1. The number of likely N-dealkylation sites (tertiary alicyclic amines) is 1. The Balaban J connectivity index is 1.46. The zero-order valence-electron chi connectivity index (χ0n) is 18.7. The van der Waals surface area contributed by atoms with Gasteiger partial charge in [-0.1, -0.05) is 24.3 Å². The van der Waals surface area contributed by atoms with E-state index in [1.165, 1.54) is 7.11 Å². The lowest BCUT2D eigenvalue weighted by Gasteiger charge is -2.18. The van der Waals surface area contributed by atoms with Gasteiger partial charge < -0.3 is 14.4 Å². The molecule has 2 fully saturated rings. The molecule has 8 nitrogen and oxygen atoms in total. The molecule has 0 atom stereocenters. The van der Waals surface area contributed by atoms with Crippen molar-refractivity contribution >= 4 is 34.9 Å². The number of carbonyl (C=O) groups excluding carboxylic acids is 3. The van der Waals surface area contributed by atoms with Crippen molar-refractivity contribution in [3.63, 3.8) is 0 Å². The standard InChI is InChI=1S/C25H23N3O5S/c1-32-21-12-17(8-9-20(21)33-16-19-7-3-2-6-18(19)14-26)13-22-24(30)28(25(31)34-22)15-23(29)27-10-4-5-11-27/h2-3,6-9,12-13H,4-5,10-11,15-16H2,1H3/b22-13-. The van der Waals surface area contributed by atoms with Crippen molar-refractivity contribution in [2.45, 2.75) is 19.4 Å². The Labute approximate surface area is 201 Å². The minimum atomic E-state index is -0.477. The second kappa shape index (κ2) is 10.4. The van der Waals surface area contributed by atoms with Gasteiger partial charge >= 0.3 is 0 Å². The van der Waals surface area contributed by atoms with Crippen LogP contribution in [0.3, 0.4) is 0 Å². The monoisotopic (exact) mass is 477 g/mol. The molecule has 0 radical (unpaired) electrons. The van der Waals surface area contributed by atoms with Gasteiger partial charge in [0.25, 0.3) is 11.1 Å². The highest BCUT2D eigenvalue weighted by Crippen LogP contribution is 2.35. The summed E-state index contributed by atoms with van der Waals surface area (Å²) in [5.41, 5.74) is 1.95. The van der Waals surface area contributed by atoms with Gasteiger partial charge in [0.05, 0.1) is 23.6 Å². The van der Waals surface area contributed by atoms with E-state index in [0.29, 0.717) is 35.7 Å². The van der Waals surface area contributed by atoms with Crippen molar-refractivity contribution in [1.82, 2.24) is 9.80 Å². The molecule has 0 N–H and O–H groups in total. The summed E-state index contributed by atoms with van der Waals surface area (Å²) in [6.45, 7) is 1.30. The molecule has 0 saturated carbocycles. The molecule has 2 aromatic carbocycles. The molecule has 0 aromatic heterocycles. The lowest BCUT2D eigenvalue weighted by atomic mass is 10.1. The number of carbonyl (C=O) groups is 3. The first-order valence-corrected chi connectivity index (χ1v) is 11.6. The number of methoxy groups -OCH3 is 1. The molecule has 0 unspecified atom stereocenters. The van der Waals surface area contributed by atoms with E-state index in [1.54, 1.807) is 41.3 Å². The fourth-order valence-corrected chi connectivity index (χ4v) is 4.63. The zero-order chi connectivity index (χ0) is 24.1. The Hall–Kier alpha value is -3.77. The van der Waals surface area contributed by atoms with Crippen LogP contribution in [0.2, 0.25) is 0 Å². The summed E-state index contributed by atoms with van der Waals surface area (Å²) in [5, 5.41) is 8.78. The van der Waals surface area contributed by atoms with Crippen LogP contribution in [0.4, 0.5) is 4.79 Å². The van der Waals surface area contributed by atoms with Crippen molar-refractivity contribution in [3.05, 3.63) is 64.1 Å². The summed E-state index contributed by atoms with van der Waals surface area (Å²) in [7, 11) is 1.51. The molecule has 0 aliphatic carbocycles.